The largest absolute Gasteiger partial charge is 0.668 e. The van der Waals surface area contributed by atoms with Crippen LogP contribution in [-0.4, -0.2) is 80.7 Å². The van der Waals surface area contributed by atoms with E-state index in [1.165, 1.54) is 0 Å². The summed E-state index contributed by atoms with van der Waals surface area (Å²) in [5.41, 5.74) is 0. The van der Waals surface area contributed by atoms with Crippen LogP contribution in [0, 0.1) is 13.3 Å². The minimum atomic E-state index is -1.11. The molecular weight excluding hydrogens is 516 g/mol. The Labute approximate surface area is 223 Å². The molecule has 0 bridgehead atoms. The van der Waals surface area contributed by atoms with Gasteiger partial charge in [-0.1, -0.05) is 112 Å². The summed E-state index contributed by atoms with van der Waals surface area (Å²) in [5.74, 6) is 0. The second kappa shape index (κ2) is 15.9. The van der Waals surface area contributed by atoms with Gasteiger partial charge in [0, 0.05) is 17.1 Å². The van der Waals surface area contributed by atoms with E-state index in [0.29, 0.717) is 0 Å². The van der Waals surface area contributed by atoms with E-state index < -0.39 is 32.9 Å². The normalized spacial score (nSPS) is 15.8. The van der Waals surface area contributed by atoms with Crippen LogP contribution in [0.3, 0.4) is 0 Å². The smallest absolute Gasteiger partial charge is 0 e. The Bertz CT molecular complexity index is 469. The zero-order chi connectivity index (χ0) is 26.0. The van der Waals surface area contributed by atoms with Gasteiger partial charge in [0.05, 0.1) is 0 Å². The molecule has 0 saturated carbocycles. The summed E-state index contributed by atoms with van der Waals surface area (Å²) in [5, 5.41) is 0. The number of nitrogens with zero attached hydrogens (tertiary/aromatic N) is 6. The summed E-state index contributed by atoms with van der Waals surface area (Å²) in [6, 6.07) is 0. The molecule has 199 valence electrons. The van der Waals surface area contributed by atoms with Crippen LogP contribution in [0.15, 0.2) is 24.8 Å². The summed E-state index contributed by atoms with van der Waals surface area (Å²) in [4.78, 5) is 8.00. The van der Waals surface area contributed by atoms with Crippen LogP contribution in [0.25, 0.3) is 9.30 Å². The molecule has 2 heterocycles. The first-order chi connectivity index (χ1) is 14.0. The molecule has 0 aromatic rings. The SMILES string of the molecule is CN1C=CN(C)[CH-]1.CN1C=CN(C)[CH-]1.C[Si](C)(C)[N-][Si](C)(C)C.C[Si](C)(C)[N-][Si](C)(C)C.[Mn]. The Morgan fingerprint density at radius 3 is 0.606 bits per heavy atom. The minimum absolute atomic E-state index is 0. The van der Waals surface area contributed by atoms with Crippen LogP contribution in [0.2, 0.25) is 78.6 Å². The first-order valence-electron chi connectivity index (χ1n) is 11.4. The van der Waals surface area contributed by atoms with Crippen molar-refractivity contribution in [1.29, 1.82) is 0 Å². The summed E-state index contributed by atoms with van der Waals surface area (Å²) in [6.45, 7) is 31.6. The average Bonchev–Trinajstić information content (AvgIpc) is 3.00. The summed E-state index contributed by atoms with van der Waals surface area (Å²) in [7, 11) is 3.58. The zero-order valence-corrected chi connectivity index (χ0v) is 29.7. The van der Waals surface area contributed by atoms with Gasteiger partial charge in [-0.2, -0.15) is 13.3 Å². The Kier molecular flexibility index (Phi) is 18.1. The predicted molar refractivity (Wildman–Crippen MR) is 158 cm³/mol. The first-order valence-corrected chi connectivity index (χ1v) is 25.2. The van der Waals surface area contributed by atoms with Crippen molar-refractivity contribution in [3.63, 3.8) is 0 Å². The van der Waals surface area contributed by atoms with Gasteiger partial charge in [-0.25, -0.2) is 0 Å². The van der Waals surface area contributed by atoms with Crippen LogP contribution < -0.4 is 0 Å². The van der Waals surface area contributed by atoms with Crippen LogP contribution in [0.4, 0.5) is 0 Å². The van der Waals surface area contributed by atoms with Crippen molar-refractivity contribution in [2.75, 3.05) is 28.2 Å². The molecule has 0 amide bonds. The molecule has 0 fully saturated rings. The van der Waals surface area contributed by atoms with Crippen molar-refractivity contribution in [2.24, 2.45) is 0 Å². The molecule has 1 radical (unpaired) electrons. The van der Waals surface area contributed by atoms with Crippen molar-refractivity contribution in [2.45, 2.75) is 78.6 Å². The van der Waals surface area contributed by atoms with Crippen LogP contribution in [0.5, 0.6) is 0 Å². The average molecular weight is 570 g/mol. The van der Waals surface area contributed by atoms with Crippen LogP contribution in [0.1, 0.15) is 0 Å². The van der Waals surface area contributed by atoms with E-state index in [-0.39, 0.29) is 17.1 Å². The molecule has 0 aromatic heterocycles. The Balaban J connectivity index is -0.000000362. The molecule has 2 aliphatic heterocycles. The molecule has 0 atom stereocenters. The standard InChI is InChI=1S/2C6H18NSi2.2C5H9N2.Mn/c2*1-8(2,3)7-9(4,5)6;2*1-6-3-4-7(2)5-6;/h2*1-6H3;2*3-5H,1-2H3;/q4*-1;. The molecule has 0 saturated heterocycles. The molecule has 2 rings (SSSR count). The molecule has 0 N–H and O–H groups in total. The minimum Gasteiger partial charge on any atom is -0.668 e. The first kappa shape index (κ1) is 37.5. The third-order valence-electron chi connectivity index (χ3n) is 3.14. The van der Waals surface area contributed by atoms with Crippen LogP contribution >= 0.6 is 0 Å². The second-order valence-corrected chi connectivity index (χ2v) is 31.6. The van der Waals surface area contributed by atoms with Gasteiger partial charge in [-0.05, 0) is 53.0 Å². The summed E-state index contributed by atoms with van der Waals surface area (Å²) < 4.78 is 9.64. The van der Waals surface area contributed by atoms with Crippen LogP contribution in [-0.2, 0) is 17.1 Å². The Hall–Kier alpha value is -0.0130. The molecule has 6 nitrogen and oxygen atoms in total. The van der Waals surface area contributed by atoms with Crippen molar-refractivity contribution in [3.05, 3.63) is 47.4 Å². The molecule has 2 aliphatic rings. The van der Waals surface area contributed by atoms with Crippen molar-refractivity contribution in [3.8, 4) is 0 Å². The van der Waals surface area contributed by atoms with Gasteiger partial charge in [0.2, 0.25) is 0 Å². The molecule has 33 heavy (non-hydrogen) atoms. The molecule has 0 spiro atoms. The second-order valence-electron chi connectivity index (χ2n) is 12.4. The van der Waals surface area contributed by atoms with Gasteiger partial charge in [-0.15, -0.1) is 0 Å². The zero-order valence-electron chi connectivity index (χ0n) is 24.5. The quantitative estimate of drug-likeness (QED) is 0.271. The maximum atomic E-state index is 4.82. The third-order valence-corrected chi connectivity index (χ3v) is 13.9. The van der Waals surface area contributed by atoms with E-state index in [4.69, 9.17) is 9.30 Å². The predicted octanol–water partition coefficient (Wildman–Crippen LogP) is 6.97. The van der Waals surface area contributed by atoms with E-state index in [2.05, 4.69) is 78.6 Å². The van der Waals surface area contributed by atoms with Gasteiger partial charge >= 0.3 is 0 Å². The van der Waals surface area contributed by atoms with Crippen molar-refractivity contribution in [1.82, 2.24) is 19.6 Å². The maximum Gasteiger partial charge on any atom is 0 e. The Morgan fingerprint density at radius 1 is 0.424 bits per heavy atom. The fourth-order valence-electron chi connectivity index (χ4n) is 3.16. The molecule has 11 heteroatoms. The number of hydrogen-bond donors (Lipinski definition) is 0. The molecule has 0 unspecified atom stereocenters. The van der Waals surface area contributed by atoms with E-state index >= 15 is 0 Å². The number of hydrogen-bond acceptors (Lipinski definition) is 4. The van der Waals surface area contributed by atoms with Crippen molar-refractivity contribution >= 4 is 32.9 Å². The van der Waals surface area contributed by atoms with Gasteiger partial charge in [-0.3, -0.25) is 0 Å². The monoisotopic (exact) mass is 569 g/mol. The molecular formula is C22H54MnN6Si4-4. The summed E-state index contributed by atoms with van der Waals surface area (Å²) in [6.07, 6.45) is 8.00. The van der Waals surface area contributed by atoms with E-state index in [0.717, 1.165) is 0 Å². The van der Waals surface area contributed by atoms with Crippen molar-refractivity contribution < 1.29 is 17.1 Å². The number of rotatable bonds is 4. The van der Waals surface area contributed by atoms with E-state index in [1.807, 2.05) is 85.9 Å². The Morgan fingerprint density at radius 2 is 0.576 bits per heavy atom. The molecule has 0 aliphatic carbocycles. The fraction of sp³-hybridized carbons (Fsp3) is 0.727. The van der Waals surface area contributed by atoms with Gasteiger partial charge < -0.3 is 28.9 Å². The third kappa shape index (κ3) is 32.0. The van der Waals surface area contributed by atoms with Gasteiger partial charge in [0.1, 0.15) is 0 Å². The summed E-state index contributed by atoms with van der Waals surface area (Å²) >= 11 is 0. The fourth-order valence-corrected chi connectivity index (χ4v) is 19.3. The van der Waals surface area contributed by atoms with E-state index in [9.17, 15) is 0 Å². The van der Waals surface area contributed by atoms with E-state index in [1.54, 1.807) is 0 Å². The topological polar surface area (TPSA) is 41.2 Å². The van der Waals surface area contributed by atoms with Gasteiger partial charge in [0.25, 0.3) is 0 Å². The van der Waals surface area contributed by atoms with Gasteiger partial charge in [0.15, 0.2) is 0 Å². The molecule has 0 aromatic carbocycles. The maximum absolute atomic E-state index is 4.82.